The van der Waals surface area contributed by atoms with Crippen molar-refractivity contribution in [1.29, 1.82) is 0 Å². The first-order chi connectivity index (χ1) is 13.3. The van der Waals surface area contributed by atoms with Crippen LogP contribution in [0.2, 0.25) is 0 Å². The van der Waals surface area contributed by atoms with E-state index < -0.39 is 6.10 Å². The number of benzene rings is 2. The zero-order chi connectivity index (χ0) is 18.6. The van der Waals surface area contributed by atoms with Crippen LogP contribution in [0.25, 0.3) is 11.3 Å². The summed E-state index contributed by atoms with van der Waals surface area (Å²) in [7, 11) is 0. The van der Waals surface area contributed by atoms with Gasteiger partial charge in [0, 0.05) is 18.2 Å². The summed E-state index contributed by atoms with van der Waals surface area (Å²) in [6, 6.07) is 20.4. The predicted molar refractivity (Wildman–Crippen MR) is 99.0 cm³/mol. The molecule has 0 radical (unpaired) electrons. The van der Waals surface area contributed by atoms with Crippen molar-refractivity contribution in [3.8, 4) is 11.3 Å². The maximum Gasteiger partial charge on any atom is 0.276 e. The van der Waals surface area contributed by atoms with E-state index in [-0.39, 0.29) is 24.2 Å². The van der Waals surface area contributed by atoms with Crippen LogP contribution >= 0.6 is 0 Å². The molecular weight excluding hydrogens is 344 g/mol. The SMILES string of the molecule is O=C(c1cc(-c2ccccc2)on1)N1CCO[C@H](CO)[C@H]1c1ccccc1. The Balaban J connectivity index is 1.64. The summed E-state index contributed by atoms with van der Waals surface area (Å²) in [4.78, 5) is 14.9. The standard InChI is InChI=1S/C21H20N2O4/c24-14-19-20(16-9-5-2-6-10-16)23(11-12-26-19)21(25)17-13-18(27-22-17)15-7-3-1-4-8-15/h1-10,13,19-20,24H,11-12,14H2/t19-,20-/m1/s1. The van der Waals surface area contributed by atoms with Gasteiger partial charge in [-0.05, 0) is 5.56 Å². The highest BCUT2D eigenvalue weighted by Gasteiger charge is 2.37. The fraction of sp³-hybridized carbons (Fsp3) is 0.238. The maximum atomic E-state index is 13.2. The number of morpholine rings is 1. The first-order valence-electron chi connectivity index (χ1n) is 8.88. The van der Waals surface area contributed by atoms with Crippen molar-refractivity contribution in [3.63, 3.8) is 0 Å². The summed E-state index contributed by atoms with van der Waals surface area (Å²) in [5.41, 5.74) is 2.02. The van der Waals surface area contributed by atoms with E-state index in [0.29, 0.717) is 18.9 Å². The number of rotatable bonds is 4. The molecule has 1 amide bonds. The molecule has 0 spiro atoms. The Morgan fingerprint density at radius 1 is 1.11 bits per heavy atom. The molecule has 0 bridgehead atoms. The van der Waals surface area contributed by atoms with E-state index >= 15 is 0 Å². The Bertz CT molecular complexity index is 895. The van der Waals surface area contributed by atoms with E-state index in [9.17, 15) is 9.90 Å². The third-order valence-corrected chi connectivity index (χ3v) is 4.72. The van der Waals surface area contributed by atoms with Crippen molar-refractivity contribution in [2.45, 2.75) is 12.1 Å². The van der Waals surface area contributed by atoms with Gasteiger partial charge in [-0.15, -0.1) is 0 Å². The van der Waals surface area contributed by atoms with Crippen LogP contribution in [-0.2, 0) is 4.74 Å². The molecule has 2 aromatic carbocycles. The summed E-state index contributed by atoms with van der Waals surface area (Å²) in [5.74, 6) is 0.304. The van der Waals surface area contributed by atoms with Gasteiger partial charge in [-0.2, -0.15) is 0 Å². The highest BCUT2D eigenvalue weighted by atomic mass is 16.5. The lowest BCUT2D eigenvalue weighted by molar-refractivity contribution is -0.0813. The number of aliphatic hydroxyl groups is 1. The predicted octanol–water partition coefficient (Wildman–Crippen LogP) is 2.92. The van der Waals surface area contributed by atoms with Crippen molar-refractivity contribution < 1.29 is 19.2 Å². The molecule has 138 valence electrons. The average Bonchev–Trinajstić information content (AvgIpc) is 3.24. The van der Waals surface area contributed by atoms with Gasteiger partial charge in [-0.3, -0.25) is 4.79 Å². The number of carbonyl (C=O) groups is 1. The van der Waals surface area contributed by atoms with Gasteiger partial charge in [0.1, 0.15) is 6.10 Å². The van der Waals surface area contributed by atoms with Crippen LogP contribution in [0.4, 0.5) is 0 Å². The molecule has 1 aliphatic heterocycles. The Morgan fingerprint density at radius 2 is 1.81 bits per heavy atom. The molecule has 1 aliphatic rings. The minimum absolute atomic E-state index is 0.169. The van der Waals surface area contributed by atoms with Gasteiger partial charge >= 0.3 is 0 Å². The van der Waals surface area contributed by atoms with Gasteiger partial charge in [0.2, 0.25) is 0 Å². The van der Waals surface area contributed by atoms with Crippen LogP contribution in [-0.4, -0.2) is 46.9 Å². The highest BCUT2D eigenvalue weighted by Crippen LogP contribution is 2.31. The number of ether oxygens (including phenoxy) is 1. The summed E-state index contributed by atoms with van der Waals surface area (Å²) >= 11 is 0. The second-order valence-corrected chi connectivity index (χ2v) is 6.39. The van der Waals surface area contributed by atoms with E-state index in [1.807, 2.05) is 60.7 Å². The first-order valence-corrected chi connectivity index (χ1v) is 8.88. The zero-order valence-corrected chi connectivity index (χ0v) is 14.7. The molecule has 1 aromatic heterocycles. The molecule has 3 aromatic rings. The zero-order valence-electron chi connectivity index (χ0n) is 14.7. The lowest BCUT2D eigenvalue weighted by atomic mass is 9.98. The minimum atomic E-state index is -0.481. The van der Waals surface area contributed by atoms with Crippen molar-refractivity contribution in [2.75, 3.05) is 19.8 Å². The molecule has 6 heteroatoms. The van der Waals surface area contributed by atoms with E-state index in [0.717, 1.165) is 11.1 Å². The second-order valence-electron chi connectivity index (χ2n) is 6.39. The molecule has 6 nitrogen and oxygen atoms in total. The first kappa shape index (κ1) is 17.5. The summed E-state index contributed by atoms with van der Waals surface area (Å²) in [5, 5.41) is 13.7. The van der Waals surface area contributed by atoms with Crippen LogP contribution in [0.3, 0.4) is 0 Å². The average molecular weight is 364 g/mol. The van der Waals surface area contributed by atoms with Gasteiger partial charge in [-0.25, -0.2) is 0 Å². The second kappa shape index (κ2) is 7.73. The Labute approximate surface area is 157 Å². The number of carbonyl (C=O) groups excluding carboxylic acids is 1. The number of aromatic nitrogens is 1. The van der Waals surface area contributed by atoms with Crippen molar-refractivity contribution in [1.82, 2.24) is 10.1 Å². The Kier molecular flexibility index (Phi) is 5.00. The van der Waals surface area contributed by atoms with Gasteiger partial charge in [-0.1, -0.05) is 65.8 Å². The fourth-order valence-electron chi connectivity index (χ4n) is 3.42. The molecule has 1 fully saturated rings. The molecular formula is C21H20N2O4. The van der Waals surface area contributed by atoms with Crippen LogP contribution < -0.4 is 0 Å². The quantitative estimate of drug-likeness (QED) is 0.770. The number of hydrogen-bond donors (Lipinski definition) is 1. The highest BCUT2D eigenvalue weighted by molar-refractivity contribution is 5.93. The Morgan fingerprint density at radius 3 is 2.52 bits per heavy atom. The normalized spacial score (nSPS) is 19.8. The van der Waals surface area contributed by atoms with E-state index in [1.54, 1.807) is 11.0 Å². The Hall–Kier alpha value is -2.96. The molecule has 1 saturated heterocycles. The van der Waals surface area contributed by atoms with Crippen molar-refractivity contribution in [3.05, 3.63) is 78.0 Å². The molecule has 2 heterocycles. The third-order valence-electron chi connectivity index (χ3n) is 4.72. The summed E-state index contributed by atoms with van der Waals surface area (Å²) in [6.45, 7) is 0.615. The smallest absolute Gasteiger partial charge is 0.276 e. The molecule has 0 aliphatic carbocycles. The van der Waals surface area contributed by atoms with Crippen molar-refractivity contribution in [2.24, 2.45) is 0 Å². The maximum absolute atomic E-state index is 13.2. The minimum Gasteiger partial charge on any atom is -0.394 e. The van der Waals surface area contributed by atoms with Gasteiger partial charge in [0.15, 0.2) is 11.5 Å². The number of nitrogens with zero attached hydrogens (tertiary/aromatic N) is 2. The van der Waals surface area contributed by atoms with Crippen LogP contribution in [0.1, 0.15) is 22.1 Å². The summed E-state index contributed by atoms with van der Waals surface area (Å²) in [6.07, 6.45) is -0.481. The number of aliphatic hydroxyl groups excluding tert-OH is 1. The van der Waals surface area contributed by atoms with Gasteiger partial charge in [0.05, 0.1) is 19.3 Å². The molecule has 1 N–H and O–H groups in total. The van der Waals surface area contributed by atoms with E-state index in [2.05, 4.69) is 5.16 Å². The van der Waals surface area contributed by atoms with Gasteiger partial charge in [0.25, 0.3) is 5.91 Å². The number of amides is 1. The third kappa shape index (κ3) is 3.49. The van der Waals surface area contributed by atoms with Crippen LogP contribution in [0.5, 0.6) is 0 Å². The van der Waals surface area contributed by atoms with Crippen LogP contribution in [0, 0.1) is 0 Å². The topological polar surface area (TPSA) is 75.8 Å². The lowest BCUT2D eigenvalue weighted by Gasteiger charge is -2.40. The largest absolute Gasteiger partial charge is 0.394 e. The van der Waals surface area contributed by atoms with Crippen molar-refractivity contribution >= 4 is 5.91 Å². The van der Waals surface area contributed by atoms with Crippen LogP contribution in [0.15, 0.2) is 71.3 Å². The number of hydrogen-bond acceptors (Lipinski definition) is 5. The molecule has 4 rings (SSSR count). The van der Waals surface area contributed by atoms with E-state index in [4.69, 9.17) is 9.26 Å². The molecule has 2 atom stereocenters. The summed E-state index contributed by atoms with van der Waals surface area (Å²) < 4.78 is 11.1. The molecule has 0 saturated carbocycles. The lowest BCUT2D eigenvalue weighted by Crippen LogP contribution is -2.49. The van der Waals surface area contributed by atoms with E-state index in [1.165, 1.54) is 0 Å². The fourth-order valence-corrected chi connectivity index (χ4v) is 3.42. The molecule has 0 unspecified atom stereocenters. The monoisotopic (exact) mass is 364 g/mol. The van der Waals surface area contributed by atoms with Gasteiger partial charge < -0.3 is 19.3 Å². The molecule has 27 heavy (non-hydrogen) atoms.